The minimum atomic E-state index is -4.86. The number of aryl methyl sites for hydroxylation is 1. The Hall–Kier alpha value is -5.16. The normalized spacial score (nSPS) is 16.7. The van der Waals surface area contributed by atoms with Gasteiger partial charge in [-0.1, -0.05) is 61.8 Å². The zero-order chi connectivity index (χ0) is 42.6. The molecule has 2 aliphatic heterocycles. The second-order valence-corrected chi connectivity index (χ2v) is 14.3. The summed E-state index contributed by atoms with van der Waals surface area (Å²) in [6.07, 6.45) is -11.1. The van der Waals surface area contributed by atoms with Crippen LogP contribution < -0.4 is 10.2 Å². The lowest BCUT2D eigenvalue weighted by atomic mass is 9.91. The SMILES string of the molecule is C=C(/C=C(\C=C(C)C)C(F)(F)F)C(F)(F)F.CCC(C)CN1CCCC(Nc2nnn(CCN3C(=O)c4ccccc4C3=O)n2)c2cc(C)c(C(F)(F)F)c(C)c21. The second-order valence-electron chi connectivity index (χ2n) is 14.3. The van der Waals surface area contributed by atoms with E-state index in [0.717, 1.165) is 18.4 Å². The predicted molar refractivity (Wildman–Crippen MR) is 197 cm³/mol. The van der Waals surface area contributed by atoms with Crippen molar-refractivity contribution in [2.45, 2.75) is 91.9 Å². The quantitative estimate of drug-likeness (QED) is 0.124. The van der Waals surface area contributed by atoms with Crippen molar-refractivity contribution in [3.8, 4) is 0 Å². The molecule has 2 aromatic carbocycles. The molecule has 0 spiro atoms. The number of imide groups is 1. The molecule has 18 heteroatoms. The number of hydrogen-bond donors (Lipinski definition) is 1. The van der Waals surface area contributed by atoms with Crippen molar-refractivity contribution in [1.29, 1.82) is 0 Å². The highest BCUT2D eigenvalue weighted by Crippen LogP contribution is 2.45. The number of hydrogen-bond acceptors (Lipinski definition) is 7. The second kappa shape index (κ2) is 17.5. The number of nitrogens with one attached hydrogen (secondary N) is 1. The summed E-state index contributed by atoms with van der Waals surface area (Å²) in [5.41, 5.74) is -0.646. The summed E-state index contributed by atoms with van der Waals surface area (Å²) in [7, 11) is 0. The first-order valence-corrected chi connectivity index (χ1v) is 18.1. The van der Waals surface area contributed by atoms with Crippen LogP contribution in [0.1, 0.15) is 96.0 Å². The zero-order valence-electron chi connectivity index (χ0n) is 32.3. The highest BCUT2D eigenvalue weighted by molar-refractivity contribution is 6.21. The standard InChI is InChI=1S/C29H34F3N7O2.C10H10F6/c1-5-17(2)16-37-12-8-11-23(22-15-18(3)24(29(30,31)32)19(4)25(22)37)33-28-34-36-39(35-28)14-13-38-26(40)20-9-6-7-10-21(20)27(38)41;1-6(2)4-8(10(14,15)16)5-7(3)9(11,12)13/h6-7,9-10,15,17,23H,5,8,11-14,16H2,1-4H3,(H,33,35);4-5H,3H2,1-2H3/b;8-5+. The topological polar surface area (TPSA) is 96.2 Å². The van der Waals surface area contributed by atoms with Crippen LogP contribution in [0.3, 0.4) is 0 Å². The van der Waals surface area contributed by atoms with Crippen LogP contribution in [-0.4, -0.2) is 68.9 Å². The Morgan fingerprint density at radius 2 is 1.58 bits per heavy atom. The number of allylic oxidation sites excluding steroid dienone is 5. The van der Waals surface area contributed by atoms with Crippen molar-refractivity contribution in [3.05, 3.63) is 99.2 Å². The Kier molecular flexibility index (Phi) is 13.7. The third-order valence-corrected chi connectivity index (χ3v) is 9.52. The average molecular weight is 814 g/mol. The maximum absolute atomic E-state index is 14.1. The predicted octanol–water partition coefficient (Wildman–Crippen LogP) is 9.96. The molecule has 310 valence electrons. The summed E-state index contributed by atoms with van der Waals surface area (Å²) in [6.45, 7) is 14.1. The molecule has 1 N–H and O–H groups in total. The maximum Gasteiger partial charge on any atom is 0.416 e. The van der Waals surface area contributed by atoms with Gasteiger partial charge in [0.2, 0.25) is 0 Å². The first-order valence-electron chi connectivity index (χ1n) is 18.1. The van der Waals surface area contributed by atoms with E-state index in [0.29, 0.717) is 48.3 Å². The zero-order valence-corrected chi connectivity index (χ0v) is 32.3. The van der Waals surface area contributed by atoms with Gasteiger partial charge < -0.3 is 10.2 Å². The molecule has 0 aliphatic carbocycles. The van der Waals surface area contributed by atoms with Gasteiger partial charge in [-0.2, -0.15) is 44.3 Å². The van der Waals surface area contributed by atoms with Gasteiger partial charge in [0, 0.05) is 24.4 Å². The molecule has 2 unspecified atom stereocenters. The maximum atomic E-state index is 14.1. The number of tetrazole rings is 1. The van der Waals surface area contributed by atoms with Crippen LogP contribution in [-0.2, 0) is 12.7 Å². The van der Waals surface area contributed by atoms with Crippen molar-refractivity contribution in [2.75, 3.05) is 29.9 Å². The number of alkyl halides is 9. The number of anilines is 2. The van der Waals surface area contributed by atoms with Gasteiger partial charge in [0.05, 0.1) is 41.4 Å². The summed E-state index contributed by atoms with van der Waals surface area (Å²) in [4.78, 5) is 29.9. The molecule has 2 atom stereocenters. The summed E-state index contributed by atoms with van der Waals surface area (Å²) in [6, 6.07) is 8.01. The van der Waals surface area contributed by atoms with Crippen LogP contribution in [0.25, 0.3) is 0 Å². The van der Waals surface area contributed by atoms with Gasteiger partial charge in [0.15, 0.2) is 0 Å². The number of nitrogens with zero attached hydrogens (tertiary/aromatic N) is 6. The molecule has 0 radical (unpaired) electrons. The summed E-state index contributed by atoms with van der Waals surface area (Å²) < 4.78 is 115. The fourth-order valence-electron chi connectivity index (χ4n) is 6.69. The summed E-state index contributed by atoms with van der Waals surface area (Å²) in [5, 5.41) is 15.9. The molecule has 57 heavy (non-hydrogen) atoms. The first kappa shape index (κ1) is 44.6. The minimum Gasteiger partial charge on any atom is -0.371 e. The number of rotatable bonds is 10. The molecule has 3 aromatic rings. The summed E-state index contributed by atoms with van der Waals surface area (Å²) in [5.74, 6) is -0.157. The molecule has 1 aromatic heterocycles. The lowest BCUT2D eigenvalue weighted by molar-refractivity contribution is -0.138. The van der Waals surface area contributed by atoms with Crippen molar-refractivity contribution in [3.63, 3.8) is 0 Å². The van der Waals surface area contributed by atoms with Crippen LogP contribution in [0.4, 0.5) is 51.1 Å². The smallest absolute Gasteiger partial charge is 0.371 e. The lowest BCUT2D eigenvalue weighted by Crippen LogP contribution is -2.33. The molecule has 3 heterocycles. The monoisotopic (exact) mass is 813 g/mol. The van der Waals surface area contributed by atoms with E-state index >= 15 is 0 Å². The van der Waals surface area contributed by atoms with Crippen LogP contribution in [0, 0.1) is 19.8 Å². The molecule has 5 rings (SSSR count). The largest absolute Gasteiger partial charge is 0.416 e. The van der Waals surface area contributed by atoms with Crippen molar-refractivity contribution >= 4 is 23.5 Å². The number of amides is 2. The van der Waals surface area contributed by atoms with E-state index in [1.54, 1.807) is 37.3 Å². The molecule has 0 bridgehead atoms. The van der Waals surface area contributed by atoms with E-state index in [4.69, 9.17) is 0 Å². The highest BCUT2D eigenvalue weighted by atomic mass is 19.4. The molecular formula is C39H44F9N7O2. The van der Waals surface area contributed by atoms with E-state index in [2.05, 4.69) is 46.1 Å². The van der Waals surface area contributed by atoms with E-state index in [9.17, 15) is 49.1 Å². The van der Waals surface area contributed by atoms with Crippen LogP contribution in [0.2, 0.25) is 0 Å². The number of carbonyl (C=O) groups is 2. The molecule has 9 nitrogen and oxygen atoms in total. The highest BCUT2D eigenvalue weighted by Gasteiger charge is 2.39. The van der Waals surface area contributed by atoms with E-state index in [-0.39, 0.29) is 59.7 Å². The van der Waals surface area contributed by atoms with Gasteiger partial charge >= 0.3 is 18.5 Å². The Balaban J connectivity index is 0.000000381. The van der Waals surface area contributed by atoms with Crippen molar-refractivity contribution < 1.29 is 49.1 Å². The van der Waals surface area contributed by atoms with Gasteiger partial charge in [-0.15, -0.1) is 5.10 Å². The Labute approximate surface area is 324 Å². The first-order chi connectivity index (χ1) is 26.4. The van der Waals surface area contributed by atoms with Crippen molar-refractivity contribution in [1.82, 2.24) is 25.1 Å². The third kappa shape index (κ3) is 10.8. The molecular weight excluding hydrogens is 769 g/mol. The Morgan fingerprint density at radius 3 is 2.11 bits per heavy atom. The molecule has 0 saturated carbocycles. The van der Waals surface area contributed by atoms with Gasteiger partial charge in [0.1, 0.15) is 0 Å². The van der Waals surface area contributed by atoms with Crippen LogP contribution in [0.5, 0.6) is 0 Å². The number of fused-ring (bicyclic) bond motifs is 2. The van der Waals surface area contributed by atoms with E-state index in [1.165, 1.54) is 30.5 Å². The Morgan fingerprint density at radius 1 is 0.965 bits per heavy atom. The van der Waals surface area contributed by atoms with Crippen LogP contribution >= 0.6 is 0 Å². The number of aromatic nitrogens is 4. The Bertz CT molecular complexity index is 1990. The molecule has 2 aliphatic rings. The van der Waals surface area contributed by atoms with Crippen LogP contribution in [0.15, 0.2) is 65.8 Å². The minimum absolute atomic E-state index is 0.00694. The van der Waals surface area contributed by atoms with Gasteiger partial charge in [-0.05, 0) is 86.6 Å². The van der Waals surface area contributed by atoms with E-state index in [1.807, 2.05) is 0 Å². The number of carbonyl (C=O) groups excluding carboxylic acids is 2. The fourth-order valence-corrected chi connectivity index (χ4v) is 6.69. The van der Waals surface area contributed by atoms with Gasteiger partial charge in [-0.25, -0.2) is 0 Å². The molecule has 0 fully saturated rings. The summed E-state index contributed by atoms with van der Waals surface area (Å²) >= 11 is 0. The number of halogens is 9. The third-order valence-electron chi connectivity index (χ3n) is 9.52. The lowest BCUT2D eigenvalue weighted by Gasteiger charge is -2.32. The fraction of sp³-hybridized carbons (Fsp3) is 0.462. The number of benzene rings is 2. The van der Waals surface area contributed by atoms with Gasteiger partial charge in [-0.3, -0.25) is 14.5 Å². The van der Waals surface area contributed by atoms with Crippen molar-refractivity contribution in [2.24, 2.45) is 5.92 Å². The van der Waals surface area contributed by atoms with E-state index < -0.39 is 35.2 Å². The average Bonchev–Trinajstić information content (AvgIpc) is 3.59. The van der Waals surface area contributed by atoms with Gasteiger partial charge in [0.25, 0.3) is 17.8 Å². The molecule has 2 amide bonds. The molecule has 0 saturated heterocycles.